The van der Waals surface area contributed by atoms with Gasteiger partial charge in [-0.15, -0.1) is 0 Å². The van der Waals surface area contributed by atoms with Crippen molar-refractivity contribution in [2.45, 2.75) is 13.5 Å². The highest BCUT2D eigenvalue weighted by molar-refractivity contribution is 5.97. The molecule has 0 spiro atoms. The number of hydrogen-bond acceptors (Lipinski definition) is 2. The van der Waals surface area contributed by atoms with Crippen LogP contribution in [-0.4, -0.2) is 15.9 Å². The summed E-state index contributed by atoms with van der Waals surface area (Å²) in [6.45, 7) is 2.23. The second kappa shape index (κ2) is 5.36. The van der Waals surface area contributed by atoms with Crippen LogP contribution in [0.5, 0.6) is 0 Å². The molecule has 0 saturated carbocycles. The van der Waals surface area contributed by atoms with E-state index in [1.54, 1.807) is 24.3 Å². The van der Waals surface area contributed by atoms with Crippen molar-refractivity contribution >= 4 is 16.9 Å². The third kappa shape index (κ3) is 2.91. The van der Waals surface area contributed by atoms with Crippen LogP contribution in [0.25, 0.3) is 11.0 Å². The highest BCUT2D eigenvalue weighted by Gasteiger charge is 2.08. The van der Waals surface area contributed by atoms with Crippen LogP contribution in [-0.2, 0) is 6.54 Å². The Morgan fingerprint density at radius 3 is 2.76 bits per heavy atom. The van der Waals surface area contributed by atoms with Crippen molar-refractivity contribution in [2.75, 3.05) is 0 Å². The Bertz CT molecular complexity index is 793. The van der Waals surface area contributed by atoms with Gasteiger partial charge in [0.2, 0.25) is 0 Å². The number of aryl methyl sites for hydroxylation is 1. The van der Waals surface area contributed by atoms with Gasteiger partial charge >= 0.3 is 0 Å². The molecule has 0 saturated heterocycles. The average Bonchev–Trinajstić information content (AvgIpc) is 2.85. The molecule has 106 valence electrons. The first-order chi connectivity index (χ1) is 10.1. The molecule has 0 radical (unpaired) electrons. The van der Waals surface area contributed by atoms with E-state index in [1.165, 1.54) is 12.1 Å². The number of hydrogen-bond donors (Lipinski definition) is 2. The molecule has 0 aliphatic rings. The minimum Gasteiger partial charge on any atom is -0.348 e. The van der Waals surface area contributed by atoms with E-state index in [0.29, 0.717) is 12.1 Å². The van der Waals surface area contributed by atoms with Crippen LogP contribution in [0.15, 0.2) is 42.5 Å². The van der Waals surface area contributed by atoms with Crippen LogP contribution in [0.4, 0.5) is 4.39 Å². The number of fused-ring (bicyclic) bond motifs is 1. The summed E-state index contributed by atoms with van der Waals surface area (Å²) in [4.78, 5) is 19.5. The summed E-state index contributed by atoms with van der Waals surface area (Å²) in [5.74, 6) is 0.354. The second-order valence-electron chi connectivity index (χ2n) is 4.86. The van der Waals surface area contributed by atoms with Crippen LogP contribution < -0.4 is 5.32 Å². The Kier molecular flexibility index (Phi) is 3.39. The van der Waals surface area contributed by atoms with Gasteiger partial charge in [0.15, 0.2) is 0 Å². The van der Waals surface area contributed by atoms with Crippen LogP contribution in [0.2, 0.25) is 0 Å². The lowest BCUT2D eigenvalue weighted by Gasteiger charge is -2.05. The molecule has 1 aromatic heterocycles. The standard InChI is InChI=1S/C16H14FN3O/c1-10-19-14-7-4-12(8-15(14)20-10)16(21)18-9-11-2-5-13(17)6-3-11/h2-8H,9H2,1H3,(H,18,21)(H,19,20). The largest absolute Gasteiger partial charge is 0.348 e. The van der Waals surface area contributed by atoms with Gasteiger partial charge in [-0.2, -0.15) is 0 Å². The first-order valence-corrected chi connectivity index (χ1v) is 6.61. The zero-order chi connectivity index (χ0) is 14.8. The molecule has 3 rings (SSSR count). The normalized spacial score (nSPS) is 10.8. The van der Waals surface area contributed by atoms with Crippen molar-refractivity contribution in [1.82, 2.24) is 15.3 Å². The van der Waals surface area contributed by atoms with Gasteiger partial charge in [-0.25, -0.2) is 9.37 Å². The summed E-state index contributed by atoms with van der Waals surface area (Å²) in [6, 6.07) is 11.4. The van der Waals surface area contributed by atoms with Gasteiger partial charge < -0.3 is 10.3 Å². The summed E-state index contributed by atoms with van der Waals surface area (Å²) < 4.78 is 12.8. The number of imidazole rings is 1. The predicted molar refractivity (Wildman–Crippen MR) is 78.4 cm³/mol. The van der Waals surface area contributed by atoms with Crippen molar-refractivity contribution in [3.05, 3.63) is 65.2 Å². The molecule has 2 N–H and O–H groups in total. The number of aromatic amines is 1. The van der Waals surface area contributed by atoms with Crippen LogP contribution >= 0.6 is 0 Å². The number of carbonyl (C=O) groups is 1. The average molecular weight is 283 g/mol. The number of carbonyl (C=O) groups excluding carboxylic acids is 1. The van der Waals surface area contributed by atoms with Crippen molar-refractivity contribution in [2.24, 2.45) is 0 Å². The minimum absolute atomic E-state index is 0.173. The Morgan fingerprint density at radius 2 is 2.00 bits per heavy atom. The SMILES string of the molecule is Cc1nc2ccc(C(=O)NCc3ccc(F)cc3)cc2[nH]1. The van der Waals surface area contributed by atoms with Gasteiger partial charge in [-0.3, -0.25) is 4.79 Å². The smallest absolute Gasteiger partial charge is 0.251 e. The monoisotopic (exact) mass is 283 g/mol. The van der Waals surface area contributed by atoms with Crippen molar-refractivity contribution in [3.8, 4) is 0 Å². The van der Waals surface area contributed by atoms with Crippen molar-refractivity contribution in [3.63, 3.8) is 0 Å². The highest BCUT2D eigenvalue weighted by Crippen LogP contribution is 2.13. The molecule has 1 heterocycles. The Hall–Kier alpha value is -2.69. The molecule has 0 bridgehead atoms. The lowest BCUT2D eigenvalue weighted by molar-refractivity contribution is 0.0951. The van der Waals surface area contributed by atoms with Gasteiger partial charge in [0, 0.05) is 12.1 Å². The fourth-order valence-corrected chi connectivity index (χ4v) is 2.17. The third-order valence-electron chi connectivity index (χ3n) is 3.23. The van der Waals surface area contributed by atoms with Crippen molar-refractivity contribution in [1.29, 1.82) is 0 Å². The van der Waals surface area contributed by atoms with E-state index >= 15 is 0 Å². The molecular weight excluding hydrogens is 269 g/mol. The van der Waals surface area contributed by atoms with E-state index in [2.05, 4.69) is 15.3 Å². The second-order valence-corrected chi connectivity index (χ2v) is 4.86. The minimum atomic E-state index is -0.287. The lowest BCUT2D eigenvalue weighted by Crippen LogP contribution is -2.22. The highest BCUT2D eigenvalue weighted by atomic mass is 19.1. The maximum absolute atomic E-state index is 12.8. The number of nitrogens with zero attached hydrogens (tertiary/aromatic N) is 1. The zero-order valence-corrected chi connectivity index (χ0v) is 11.5. The van der Waals surface area contributed by atoms with Crippen LogP contribution in [0.3, 0.4) is 0 Å². The zero-order valence-electron chi connectivity index (χ0n) is 11.5. The number of halogens is 1. The fraction of sp³-hybridized carbons (Fsp3) is 0.125. The fourth-order valence-electron chi connectivity index (χ4n) is 2.17. The Labute approximate surface area is 121 Å². The summed E-state index contributed by atoms with van der Waals surface area (Å²) in [5, 5.41) is 2.81. The Morgan fingerprint density at radius 1 is 1.24 bits per heavy atom. The quantitative estimate of drug-likeness (QED) is 0.776. The van der Waals surface area contributed by atoms with Gasteiger partial charge in [0.25, 0.3) is 5.91 Å². The topological polar surface area (TPSA) is 57.8 Å². The first-order valence-electron chi connectivity index (χ1n) is 6.61. The number of rotatable bonds is 3. The molecule has 3 aromatic rings. The van der Waals surface area contributed by atoms with E-state index in [1.807, 2.05) is 13.0 Å². The molecule has 4 nitrogen and oxygen atoms in total. The molecule has 0 aliphatic heterocycles. The van der Waals surface area contributed by atoms with Gasteiger partial charge in [0.1, 0.15) is 11.6 Å². The number of aromatic nitrogens is 2. The van der Waals surface area contributed by atoms with E-state index in [4.69, 9.17) is 0 Å². The first kappa shape index (κ1) is 13.3. The molecule has 0 atom stereocenters. The lowest BCUT2D eigenvalue weighted by atomic mass is 10.1. The maximum Gasteiger partial charge on any atom is 0.251 e. The molecule has 0 unspecified atom stereocenters. The Balaban J connectivity index is 1.72. The number of nitrogens with one attached hydrogen (secondary N) is 2. The summed E-state index contributed by atoms with van der Waals surface area (Å²) in [7, 11) is 0. The van der Waals surface area contributed by atoms with E-state index in [-0.39, 0.29) is 11.7 Å². The molecule has 1 amide bonds. The van der Waals surface area contributed by atoms with Gasteiger partial charge in [-0.1, -0.05) is 12.1 Å². The van der Waals surface area contributed by atoms with Gasteiger partial charge in [-0.05, 0) is 42.8 Å². The maximum atomic E-state index is 12.8. The van der Waals surface area contributed by atoms with E-state index < -0.39 is 0 Å². The molecule has 0 fully saturated rings. The van der Waals surface area contributed by atoms with E-state index in [9.17, 15) is 9.18 Å². The van der Waals surface area contributed by atoms with Crippen LogP contribution in [0, 0.1) is 12.7 Å². The number of benzene rings is 2. The molecular formula is C16H14FN3O. The predicted octanol–water partition coefficient (Wildman–Crippen LogP) is 2.94. The molecule has 2 aromatic carbocycles. The molecule has 0 aliphatic carbocycles. The third-order valence-corrected chi connectivity index (χ3v) is 3.23. The van der Waals surface area contributed by atoms with E-state index in [0.717, 1.165) is 22.4 Å². The summed E-state index contributed by atoms with van der Waals surface area (Å²) >= 11 is 0. The van der Waals surface area contributed by atoms with Crippen molar-refractivity contribution < 1.29 is 9.18 Å². The molecule has 5 heteroatoms. The summed E-state index contributed by atoms with van der Waals surface area (Å²) in [6.07, 6.45) is 0. The molecule has 21 heavy (non-hydrogen) atoms. The van der Waals surface area contributed by atoms with Gasteiger partial charge in [0.05, 0.1) is 11.0 Å². The number of H-pyrrole nitrogens is 1. The summed E-state index contributed by atoms with van der Waals surface area (Å²) in [5.41, 5.74) is 3.08. The number of amides is 1. The van der Waals surface area contributed by atoms with Crippen LogP contribution in [0.1, 0.15) is 21.7 Å².